The van der Waals surface area contributed by atoms with Gasteiger partial charge in [-0.1, -0.05) is 30.3 Å². The fourth-order valence-corrected chi connectivity index (χ4v) is 2.66. The largest absolute Gasteiger partial charge is 0.465 e. The summed E-state index contributed by atoms with van der Waals surface area (Å²) >= 11 is 0. The number of ether oxygens (including phenoxy) is 3. The lowest BCUT2D eigenvalue weighted by atomic mass is 10.0. The number of rotatable bonds is 5. The van der Waals surface area contributed by atoms with E-state index in [1.807, 2.05) is 6.07 Å². The first-order chi connectivity index (χ1) is 12.0. The molecule has 0 fully saturated rings. The van der Waals surface area contributed by atoms with Crippen LogP contribution < -0.4 is 0 Å². The minimum Gasteiger partial charge on any atom is -0.465 e. The Bertz CT molecular complexity index is 807. The van der Waals surface area contributed by atoms with Crippen molar-refractivity contribution < 1.29 is 28.6 Å². The Hall–Kier alpha value is -3.09. The second kappa shape index (κ2) is 7.65. The molecule has 0 aliphatic carbocycles. The Morgan fingerprint density at radius 1 is 0.920 bits per heavy atom. The third kappa shape index (κ3) is 3.26. The van der Waals surface area contributed by atoms with Crippen LogP contribution in [-0.2, 0) is 21.3 Å². The van der Waals surface area contributed by atoms with Gasteiger partial charge < -0.3 is 18.8 Å². The van der Waals surface area contributed by atoms with Crippen molar-refractivity contribution in [1.82, 2.24) is 4.57 Å². The van der Waals surface area contributed by atoms with E-state index in [2.05, 4.69) is 0 Å². The second-order valence-electron chi connectivity index (χ2n) is 5.08. The highest BCUT2D eigenvalue weighted by Gasteiger charge is 2.35. The first-order valence-corrected chi connectivity index (χ1v) is 7.59. The molecule has 0 aliphatic heterocycles. The van der Waals surface area contributed by atoms with Gasteiger partial charge in [-0.25, -0.2) is 14.4 Å². The summed E-state index contributed by atoms with van der Waals surface area (Å²) in [4.78, 5) is 37.1. The summed E-state index contributed by atoms with van der Waals surface area (Å²) in [6, 6.07) is 8.91. The number of hydrogen-bond donors (Lipinski definition) is 0. The number of aromatic nitrogens is 1. The van der Waals surface area contributed by atoms with Crippen LogP contribution in [0.5, 0.6) is 0 Å². The van der Waals surface area contributed by atoms with Crippen LogP contribution in [-0.4, -0.2) is 43.3 Å². The lowest BCUT2D eigenvalue weighted by molar-refractivity contribution is 0.0492. The summed E-state index contributed by atoms with van der Waals surface area (Å²) in [6.45, 7) is 1.77. The molecule has 1 aromatic carbocycles. The SMILES string of the molecule is CCOC(=O)c1c(C(=O)OC)c(C(=O)OC)c(-c2ccccc2)n1C. The molecule has 1 heterocycles. The Balaban J connectivity index is 2.89. The van der Waals surface area contributed by atoms with Crippen LogP contribution in [0.2, 0.25) is 0 Å². The molecule has 132 valence electrons. The van der Waals surface area contributed by atoms with Gasteiger partial charge in [0, 0.05) is 7.05 Å². The molecule has 0 unspecified atom stereocenters. The molecule has 2 rings (SSSR count). The number of benzene rings is 1. The number of esters is 3. The maximum atomic E-state index is 12.4. The molecular formula is C18H19NO6. The fourth-order valence-electron chi connectivity index (χ4n) is 2.66. The van der Waals surface area contributed by atoms with E-state index in [1.54, 1.807) is 38.2 Å². The molecule has 25 heavy (non-hydrogen) atoms. The van der Waals surface area contributed by atoms with E-state index in [0.717, 1.165) is 0 Å². The van der Waals surface area contributed by atoms with Gasteiger partial charge in [-0.05, 0) is 12.5 Å². The van der Waals surface area contributed by atoms with Crippen LogP contribution in [0.3, 0.4) is 0 Å². The molecule has 0 amide bonds. The summed E-state index contributed by atoms with van der Waals surface area (Å²) < 4.78 is 16.1. The van der Waals surface area contributed by atoms with Crippen LogP contribution in [0.1, 0.15) is 38.1 Å². The fraction of sp³-hybridized carbons (Fsp3) is 0.278. The van der Waals surface area contributed by atoms with E-state index in [4.69, 9.17) is 14.2 Å². The average molecular weight is 345 g/mol. The average Bonchev–Trinajstić information content (AvgIpc) is 2.94. The maximum absolute atomic E-state index is 12.4. The van der Waals surface area contributed by atoms with Crippen LogP contribution in [0.4, 0.5) is 0 Å². The summed E-state index contributed by atoms with van der Waals surface area (Å²) in [5, 5.41) is 0. The lowest BCUT2D eigenvalue weighted by Gasteiger charge is -2.08. The van der Waals surface area contributed by atoms with Gasteiger partial charge in [0.25, 0.3) is 0 Å². The summed E-state index contributed by atoms with van der Waals surface area (Å²) in [5.74, 6) is -2.29. The number of methoxy groups -OCH3 is 2. The second-order valence-corrected chi connectivity index (χ2v) is 5.08. The predicted molar refractivity (Wildman–Crippen MR) is 89.5 cm³/mol. The highest BCUT2D eigenvalue weighted by molar-refractivity contribution is 6.13. The van der Waals surface area contributed by atoms with Gasteiger partial charge in [0.1, 0.15) is 16.8 Å². The van der Waals surface area contributed by atoms with E-state index in [-0.39, 0.29) is 23.4 Å². The van der Waals surface area contributed by atoms with E-state index < -0.39 is 17.9 Å². The summed E-state index contributed by atoms with van der Waals surface area (Å²) in [6.07, 6.45) is 0. The zero-order valence-corrected chi connectivity index (χ0v) is 14.5. The topological polar surface area (TPSA) is 83.8 Å². The minimum atomic E-state index is -0.818. The maximum Gasteiger partial charge on any atom is 0.355 e. The minimum absolute atomic E-state index is 0.0360. The van der Waals surface area contributed by atoms with Gasteiger partial charge in [0.15, 0.2) is 0 Å². The van der Waals surface area contributed by atoms with E-state index in [1.165, 1.54) is 18.8 Å². The Kier molecular flexibility index (Phi) is 5.59. The highest BCUT2D eigenvalue weighted by Crippen LogP contribution is 2.32. The van der Waals surface area contributed by atoms with Gasteiger partial charge in [0.05, 0.1) is 26.5 Å². The first-order valence-electron chi connectivity index (χ1n) is 7.59. The molecule has 0 spiro atoms. The van der Waals surface area contributed by atoms with Gasteiger partial charge in [-0.2, -0.15) is 0 Å². The summed E-state index contributed by atoms with van der Waals surface area (Å²) in [5.41, 5.74) is 0.746. The molecule has 0 bridgehead atoms. The van der Waals surface area contributed by atoms with Crippen molar-refractivity contribution in [2.45, 2.75) is 6.92 Å². The van der Waals surface area contributed by atoms with Crippen LogP contribution in [0.15, 0.2) is 30.3 Å². The number of carbonyl (C=O) groups is 3. The molecule has 0 N–H and O–H groups in total. The van der Waals surface area contributed by atoms with Crippen molar-refractivity contribution in [3.63, 3.8) is 0 Å². The van der Waals surface area contributed by atoms with Crippen molar-refractivity contribution >= 4 is 17.9 Å². The molecule has 0 saturated carbocycles. The standard InChI is InChI=1S/C18H19NO6/c1-5-25-18(22)15-13(17(21)24-4)12(16(20)23-3)14(19(15)2)11-9-7-6-8-10-11/h6-10H,5H2,1-4H3. The van der Waals surface area contributed by atoms with E-state index in [9.17, 15) is 14.4 Å². The molecule has 2 aromatic rings. The van der Waals surface area contributed by atoms with Gasteiger partial charge in [-0.15, -0.1) is 0 Å². The summed E-state index contributed by atoms with van der Waals surface area (Å²) in [7, 11) is 3.95. The monoisotopic (exact) mass is 345 g/mol. The van der Waals surface area contributed by atoms with Crippen LogP contribution in [0.25, 0.3) is 11.3 Å². The Morgan fingerprint density at radius 2 is 1.48 bits per heavy atom. The predicted octanol–water partition coefficient (Wildman–Crippen LogP) is 2.44. The van der Waals surface area contributed by atoms with Gasteiger partial charge in [0.2, 0.25) is 0 Å². The third-order valence-corrected chi connectivity index (χ3v) is 3.69. The molecule has 0 radical (unpaired) electrons. The first kappa shape index (κ1) is 18.3. The highest BCUT2D eigenvalue weighted by atomic mass is 16.5. The molecular weight excluding hydrogens is 326 g/mol. The molecule has 7 nitrogen and oxygen atoms in total. The van der Waals surface area contributed by atoms with E-state index in [0.29, 0.717) is 11.3 Å². The zero-order chi connectivity index (χ0) is 18.6. The van der Waals surface area contributed by atoms with Crippen molar-refractivity contribution in [2.75, 3.05) is 20.8 Å². The Morgan fingerprint density at radius 3 is 2.00 bits per heavy atom. The lowest BCUT2D eigenvalue weighted by Crippen LogP contribution is -2.17. The zero-order valence-electron chi connectivity index (χ0n) is 14.5. The molecule has 0 aliphatic rings. The Labute approximate surface area is 145 Å². The molecule has 1 aromatic heterocycles. The number of carbonyl (C=O) groups excluding carboxylic acids is 3. The molecule has 0 saturated heterocycles. The smallest absolute Gasteiger partial charge is 0.355 e. The van der Waals surface area contributed by atoms with Crippen molar-refractivity contribution in [3.05, 3.63) is 47.2 Å². The van der Waals surface area contributed by atoms with Crippen molar-refractivity contribution in [1.29, 1.82) is 0 Å². The quantitative estimate of drug-likeness (QED) is 0.611. The van der Waals surface area contributed by atoms with Gasteiger partial charge in [-0.3, -0.25) is 0 Å². The van der Waals surface area contributed by atoms with Crippen molar-refractivity contribution in [3.8, 4) is 11.3 Å². The van der Waals surface area contributed by atoms with Crippen molar-refractivity contribution in [2.24, 2.45) is 7.05 Å². The third-order valence-electron chi connectivity index (χ3n) is 3.69. The molecule has 7 heteroatoms. The van der Waals surface area contributed by atoms with Crippen LogP contribution >= 0.6 is 0 Å². The van der Waals surface area contributed by atoms with Crippen LogP contribution in [0, 0.1) is 0 Å². The normalized spacial score (nSPS) is 10.2. The molecule has 0 atom stereocenters. The van der Waals surface area contributed by atoms with Gasteiger partial charge >= 0.3 is 17.9 Å². The number of nitrogens with zero attached hydrogens (tertiary/aromatic N) is 1. The number of hydrogen-bond acceptors (Lipinski definition) is 6. The van der Waals surface area contributed by atoms with E-state index >= 15 is 0 Å².